The third-order valence-electron chi connectivity index (χ3n) is 5.94. The van der Waals surface area contributed by atoms with Crippen molar-refractivity contribution in [3.63, 3.8) is 0 Å². The molecule has 1 aliphatic heterocycles. The number of thioether (sulfide) groups is 1. The lowest BCUT2D eigenvalue weighted by atomic mass is 9.86. The Morgan fingerprint density at radius 3 is 2.73 bits per heavy atom. The standard InChI is InChI=1S/C24H25FN2O2S/c1-15-7-3-6-10-19(15)26-23(28)17-11-12-21-20(13-17)27(2)24(29)22(30-21)14-16-8-4-5-9-18(16)25/h4-5,8-9,11-15,19H,3,6-7,10H2,1-2H3,(H,26,28)/b22-14-/t15-,19+/m1/s1. The molecule has 4 nitrogen and oxygen atoms in total. The number of hydrogen-bond acceptors (Lipinski definition) is 3. The number of anilines is 1. The zero-order valence-electron chi connectivity index (χ0n) is 17.2. The molecule has 0 radical (unpaired) electrons. The van der Waals surface area contributed by atoms with E-state index in [1.54, 1.807) is 43.5 Å². The SMILES string of the molecule is C[C@@H]1CCCC[C@@H]1NC(=O)c1ccc2c(c1)N(C)C(=O)/C(=C/c1ccccc1F)S2. The van der Waals surface area contributed by atoms with Crippen LogP contribution in [0, 0.1) is 11.7 Å². The number of benzene rings is 2. The predicted octanol–water partition coefficient (Wildman–Crippen LogP) is 5.24. The molecule has 2 atom stereocenters. The van der Waals surface area contributed by atoms with Gasteiger partial charge >= 0.3 is 0 Å². The van der Waals surface area contributed by atoms with E-state index in [1.165, 1.54) is 29.1 Å². The minimum Gasteiger partial charge on any atom is -0.349 e. The average Bonchev–Trinajstić information content (AvgIpc) is 2.74. The zero-order chi connectivity index (χ0) is 21.3. The van der Waals surface area contributed by atoms with Crippen LogP contribution in [0.4, 0.5) is 10.1 Å². The number of amides is 2. The summed E-state index contributed by atoms with van der Waals surface area (Å²) in [7, 11) is 1.68. The van der Waals surface area contributed by atoms with Crippen LogP contribution in [0.5, 0.6) is 0 Å². The van der Waals surface area contributed by atoms with E-state index in [1.807, 2.05) is 6.07 Å². The van der Waals surface area contributed by atoms with Gasteiger partial charge in [0.1, 0.15) is 5.82 Å². The molecule has 0 spiro atoms. The summed E-state index contributed by atoms with van der Waals surface area (Å²) in [5.74, 6) is -0.202. The van der Waals surface area contributed by atoms with Gasteiger partial charge in [0.25, 0.3) is 11.8 Å². The normalized spacial score (nSPS) is 22.7. The van der Waals surface area contributed by atoms with Crippen LogP contribution in [0.1, 0.15) is 48.5 Å². The Hall–Kier alpha value is -2.60. The number of likely N-dealkylation sites (N-methyl/N-ethyl adjacent to an activating group) is 1. The van der Waals surface area contributed by atoms with Crippen molar-refractivity contribution in [2.75, 3.05) is 11.9 Å². The largest absolute Gasteiger partial charge is 0.349 e. The van der Waals surface area contributed by atoms with Crippen LogP contribution in [0.3, 0.4) is 0 Å². The van der Waals surface area contributed by atoms with Crippen molar-refractivity contribution < 1.29 is 14.0 Å². The van der Waals surface area contributed by atoms with Gasteiger partial charge in [-0.05, 0) is 49.1 Å². The Kier molecular flexibility index (Phi) is 5.95. The molecule has 156 valence electrons. The molecule has 2 aliphatic rings. The molecule has 1 heterocycles. The number of fused-ring (bicyclic) bond motifs is 1. The molecule has 1 fully saturated rings. The van der Waals surface area contributed by atoms with E-state index in [0.29, 0.717) is 27.6 Å². The van der Waals surface area contributed by atoms with E-state index in [-0.39, 0.29) is 23.7 Å². The fourth-order valence-electron chi connectivity index (χ4n) is 4.05. The van der Waals surface area contributed by atoms with Crippen LogP contribution in [-0.2, 0) is 4.79 Å². The highest BCUT2D eigenvalue weighted by atomic mass is 32.2. The molecule has 0 unspecified atom stereocenters. The molecule has 6 heteroatoms. The Labute approximate surface area is 180 Å². The molecule has 0 bridgehead atoms. The fourth-order valence-corrected chi connectivity index (χ4v) is 5.13. The molecule has 1 N–H and O–H groups in total. The van der Waals surface area contributed by atoms with E-state index in [4.69, 9.17) is 0 Å². The highest BCUT2D eigenvalue weighted by Crippen LogP contribution is 2.42. The third kappa shape index (κ3) is 4.15. The van der Waals surface area contributed by atoms with Crippen LogP contribution in [-0.4, -0.2) is 24.9 Å². The van der Waals surface area contributed by atoms with Crippen molar-refractivity contribution in [1.29, 1.82) is 0 Å². The highest BCUT2D eigenvalue weighted by Gasteiger charge is 2.28. The van der Waals surface area contributed by atoms with Crippen LogP contribution in [0.15, 0.2) is 52.3 Å². The van der Waals surface area contributed by atoms with Gasteiger partial charge in [0, 0.05) is 29.1 Å². The molecule has 30 heavy (non-hydrogen) atoms. The van der Waals surface area contributed by atoms with E-state index in [0.717, 1.165) is 24.2 Å². The Morgan fingerprint density at radius 2 is 1.97 bits per heavy atom. The first-order valence-corrected chi connectivity index (χ1v) is 11.1. The fraction of sp³-hybridized carbons (Fsp3) is 0.333. The molecular formula is C24H25FN2O2S. The highest BCUT2D eigenvalue weighted by molar-refractivity contribution is 8.04. The topological polar surface area (TPSA) is 49.4 Å². The quantitative estimate of drug-likeness (QED) is 0.685. The first-order valence-electron chi connectivity index (χ1n) is 10.3. The summed E-state index contributed by atoms with van der Waals surface area (Å²) < 4.78 is 14.0. The Balaban J connectivity index is 1.57. The first-order chi connectivity index (χ1) is 14.4. The zero-order valence-corrected chi connectivity index (χ0v) is 18.0. The number of carbonyl (C=O) groups is 2. The Morgan fingerprint density at radius 1 is 1.20 bits per heavy atom. The smallest absolute Gasteiger partial charge is 0.264 e. The summed E-state index contributed by atoms with van der Waals surface area (Å²) in [6.45, 7) is 2.18. The summed E-state index contributed by atoms with van der Waals surface area (Å²) >= 11 is 1.30. The summed E-state index contributed by atoms with van der Waals surface area (Å²) in [5.41, 5.74) is 1.62. The van der Waals surface area contributed by atoms with Gasteiger partial charge in [-0.25, -0.2) is 4.39 Å². The number of nitrogens with zero attached hydrogens (tertiary/aromatic N) is 1. The maximum Gasteiger partial charge on any atom is 0.264 e. The second-order valence-corrected chi connectivity index (χ2v) is 9.10. The van der Waals surface area contributed by atoms with E-state index >= 15 is 0 Å². The van der Waals surface area contributed by atoms with Gasteiger partial charge in [-0.2, -0.15) is 0 Å². The molecule has 0 aromatic heterocycles. The van der Waals surface area contributed by atoms with Crippen molar-refractivity contribution >= 4 is 35.3 Å². The molecule has 1 aliphatic carbocycles. The minimum absolute atomic E-state index is 0.102. The van der Waals surface area contributed by atoms with Crippen molar-refractivity contribution in [3.8, 4) is 0 Å². The van der Waals surface area contributed by atoms with Crippen LogP contribution in [0.25, 0.3) is 6.08 Å². The third-order valence-corrected chi connectivity index (χ3v) is 7.02. The molecule has 0 saturated heterocycles. The second kappa shape index (κ2) is 8.64. The monoisotopic (exact) mass is 424 g/mol. The Bertz CT molecular complexity index is 1020. The number of nitrogens with one attached hydrogen (secondary N) is 1. The minimum atomic E-state index is -0.365. The lowest BCUT2D eigenvalue weighted by Crippen LogP contribution is -2.41. The van der Waals surface area contributed by atoms with Crippen LogP contribution >= 0.6 is 11.8 Å². The molecule has 1 saturated carbocycles. The van der Waals surface area contributed by atoms with Gasteiger partial charge in [-0.3, -0.25) is 9.59 Å². The predicted molar refractivity (Wildman–Crippen MR) is 119 cm³/mol. The molecular weight excluding hydrogens is 399 g/mol. The van der Waals surface area contributed by atoms with Crippen LogP contribution in [0.2, 0.25) is 0 Å². The number of halogens is 1. The summed E-state index contributed by atoms with van der Waals surface area (Å²) in [6, 6.07) is 12.0. The summed E-state index contributed by atoms with van der Waals surface area (Å²) in [5, 5.41) is 3.16. The van der Waals surface area contributed by atoms with Gasteiger partial charge in [-0.1, -0.05) is 49.7 Å². The van der Waals surface area contributed by atoms with E-state index in [9.17, 15) is 14.0 Å². The van der Waals surface area contributed by atoms with E-state index in [2.05, 4.69) is 12.2 Å². The number of rotatable bonds is 3. The van der Waals surface area contributed by atoms with Crippen molar-refractivity contribution in [3.05, 3.63) is 64.3 Å². The van der Waals surface area contributed by atoms with Gasteiger partial charge < -0.3 is 10.2 Å². The van der Waals surface area contributed by atoms with Crippen molar-refractivity contribution in [2.45, 2.75) is 43.5 Å². The van der Waals surface area contributed by atoms with Gasteiger partial charge in [0.05, 0.1) is 10.6 Å². The average molecular weight is 425 g/mol. The van der Waals surface area contributed by atoms with Crippen molar-refractivity contribution in [1.82, 2.24) is 5.32 Å². The lowest BCUT2D eigenvalue weighted by molar-refractivity contribution is -0.114. The lowest BCUT2D eigenvalue weighted by Gasteiger charge is -2.30. The van der Waals surface area contributed by atoms with Crippen LogP contribution < -0.4 is 10.2 Å². The maximum atomic E-state index is 14.0. The summed E-state index contributed by atoms with van der Waals surface area (Å²) in [6.07, 6.45) is 6.09. The first kappa shape index (κ1) is 20.7. The maximum absolute atomic E-state index is 14.0. The number of hydrogen-bond donors (Lipinski definition) is 1. The molecule has 2 aromatic carbocycles. The molecule has 4 rings (SSSR count). The van der Waals surface area contributed by atoms with Gasteiger partial charge in [0.15, 0.2) is 0 Å². The number of carbonyl (C=O) groups excluding carboxylic acids is 2. The molecule has 2 amide bonds. The van der Waals surface area contributed by atoms with E-state index < -0.39 is 0 Å². The molecule has 2 aromatic rings. The van der Waals surface area contributed by atoms with Gasteiger partial charge in [-0.15, -0.1) is 0 Å². The summed E-state index contributed by atoms with van der Waals surface area (Å²) in [4.78, 5) is 28.5. The van der Waals surface area contributed by atoms with Gasteiger partial charge in [0.2, 0.25) is 0 Å². The van der Waals surface area contributed by atoms with Crippen molar-refractivity contribution in [2.24, 2.45) is 5.92 Å². The second-order valence-electron chi connectivity index (χ2n) is 8.02.